The highest BCUT2D eigenvalue weighted by Gasteiger charge is 2.21. The predicted molar refractivity (Wildman–Crippen MR) is 219 cm³/mol. The lowest BCUT2D eigenvalue weighted by Gasteiger charge is -2.15. The van der Waals surface area contributed by atoms with Gasteiger partial charge >= 0.3 is 0 Å². The number of hydrogen-bond acceptors (Lipinski definition) is 4. The zero-order valence-electron chi connectivity index (χ0n) is 29.2. The number of fused-ring (bicyclic) bond motifs is 3. The average molecular weight is 702 g/mol. The van der Waals surface area contributed by atoms with Crippen LogP contribution in [0.3, 0.4) is 0 Å². The van der Waals surface area contributed by atoms with E-state index in [1.807, 2.05) is 121 Å². The SMILES string of the molecule is [C-]#[N+]c1ccc(-c2ccc3c(c2)c2cc(-c4ccc([N+]#[C-])cc4)ccc2n3-c2cc(C#N)ccc2-c2nc(-c3ccccc3)nc(-c3ccccc3)n2)cc1. The van der Waals surface area contributed by atoms with Crippen LogP contribution in [0.15, 0.2) is 164 Å². The van der Waals surface area contributed by atoms with Crippen molar-refractivity contribution in [2.45, 2.75) is 0 Å². The van der Waals surface area contributed by atoms with E-state index in [1.165, 1.54) is 0 Å². The monoisotopic (exact) mass is 701 g/mol. The van der Waals surface area contributed by atoms with Crippen LogP contribution >= 0.6 is 0 Å². The van der Waals surface area contributed by atoms with E-state index in [-0.39, 0.29) is 0 Å². The zero-order valence-corrected chi connectivity index (χ0v) is 29.2. The standard InChI is InChI=1S/C48H27N7/c1-50-38-20-14-32(15-21-38)36-18-25-43-41(28-36)42-29-37(33-16-22-39(51-2)23-17-33)19-26-44(42)55(43)45-27-31(30-49)13-24-40(45)48-53-46(34-9-5-3-6-10-34)52-47(54-48)35-11-7-4-8-12-35/h3-29H. The minimum Gasteiger partial charge on any atom is -0.308 e. The third-order valence-corrected chi connectivity index (χ3v) is 9.73. The van der Waals surface area contributed by atoms with Gasteiger partial charge < -0.3 is 4.57 Å². The molecule has 0 N–H and O–H groups in total. The lowest BCUT2D eigenvalue weighted by molar-refractivity contribution is 1.06. The third-order valence-electron chi connectivity index (χ3n) is 9.73. The molecule has 0 aliphatic rings. The van der Waals surface area contributed by atoms with Crippen LogP contribution < -0.4 is 0 Å². The minimum absolute atomic E-state index is 0.482. The quantitative estimate of drug-likeness (QED) is 0.162. The summed E-state index contributed by atoms with van der Waals surface area (Å²) in [6, 6.07) is 55.7. The second kappa shape index (κ2) is 13.7. The van der Waals surface area contributed by atoms with Crippen LogP contribution in [-0.4, -0.2) is 19.5 Å². The lowest BCUT2D eigenvalue weighted by atomic mass is 10.00. The van der Waals surface area contributed by atoms with E-state index in [0.717, 1.165) is 66.4 Å². The van der Waals surface area contributed by atoms with Gasteiger partial charge in [0.05, 0.1) is 41.5 Å². The molecule has 9 aromatic rings. The van der Waals surface area contributed by atoms with Crippen molar-refractivity contribution in [2.75, 3.05) is 0 Å². The summed E-state index contributed by atoms with van der Waals surface area (Å²) in [5, 5.41) is 12.2. The van der Waals surface area contributed by atoms with Crippen molar-refractivity contribution in [3.05, 3.63) is 192 Å². The van der Waals surface area contributed by atoms with Gasteiger partial charge in [-0.15, -0.1) is 0 Å². The maximum Gasteiger partial charge on any atom is 0.187 e. The summed E-state index contributed by atoms with van der Waals surface area (Å²) in [5.74, 6) is 1.57. The van der Waals surface area contributed by atoms with Crippen molar-refractivity contribution in [1.82, 2.24) is 19.5 Å². The fraction of sp³-hybridized carbons (Fsp3) is 0. The Morgan fingerprint density at radius 1 is 0.455 bits per heavy atom. The molecule has 0 radical (unpaired) electrons. The largest absolute Gasteiger partial charge is 0.308 e. The first-order valence-electron chi connectivity index (χ1n) is 17.6. The van der Waals surface area contributed by atoms with Gasteiger partial charge in [0.1, 0.15) is 0 Å². The van der Waals surface area contributed by atoms with Gasteiger partial charge in [-0.1, -0.05) is 121 Å². The lowest BCUT2D eigenvalue weighted by Crippen LogP contribution is -2.04. The molecule has 0 bridgehead atoms. The molecule has 0 saturated heterocycles. The van der Waals surface area contributed by atoms with E-state index in [4.69, 9.17) is 28.1 Å². The topological polar surface area (TPSA) is 76.1 Å². The van der Waals surface area contributed by atoms with Crippen LogP contribution in [0, 0.1) is 24.5 Å². The van der Waals surface area contributed by atoms with Crippen molar-refractivity contribution < 1.29 is 0 Å². The number of benzene rings is 7. The van der Waals surface area contributed by atoms with Crippen LogP contribution in [0.1, 0.15) is 5.56 Å². The van der Waals surface area contributed by atoms with Gasteiger partial charge in [0, 0.05) is 27.5 Å². The first-order valence-corrected chi connectivity index (χ1v) is 17.6. The summed E-state index contributed by atoms with van der Waals surface area (Å²) in [7, 11) is 0. The molecular formula is C48H27N7. The van der Waals surface area contributed by atoms with Crippen molar-refractivity contribution in [3.8, 4) is 68.2 Å². The first kappa shape index (κ1) is 32.7. The average Bonchev–Trinajstić information content (AvgIpc) is 3.59. The van der Waals surface area contributed by atoms with Crippen LogP contribution in [0.2, 0.25) is 0 Å². The zero-order chi connectivity index (χ0) is 37.3. The molecule has 254 valence electrons. The van der Waals surface area contributed by atoms with Gasteiger partial charge in [0.15, 0.2) is 28.8 Å². The summed E-state index contributed by atoms with van der Waals surface area (Å²) in [6.45, 7) is 14.8. The molecule has 55 heavy (non-hydrogen) atoms. The van der Waals surface area contributed by atoms with Crippen molar-refractivity contribution in [2.24, 2.45) is 0 Å². The molecule has 9 rings (SSSR count). The fourth-order valence-corrected chi connectivity index (χ4v) is 7.00. The number of rotatable bonds is 6. The second-order valence-electron chi connectivity index (χ2n) is 13.0. The molecule has 0 unspecified atom stereocenters. The third kappa shape index (κ3) is 6.03. The molecule has 0 amide bonds. The van der Waals surface area contributed by atoms with Crippen LogP contribution in [0.4, 0.5) is 11.4 Å². The molecule has 0 aliphatic carbocycles. The molecule has 0 fully saturated rings. The van der Waals surface area contributed by atoms with Crippen molar-refractivity contribution in [1.29, 1.82) is 5.26 Å². The van der Waals surface area contributed by atoms with Crippen LogP contribution in [0.25, 0.3) is 93.6 Å². The Morgan fingerprint density at radius 3 is 1.36 bits per heavy atom. The highest BCUT2D eigenvalue weighted by atomic mass is 15.1. The molecule has 0 saturated carbocycles. The van der Waals surface area contributed by atoms with Gasteiger partial charge in [0.25, 0.3) is 0 Å². The van der Waals surface area contributed by atoms with E-state index in [9.17, 15) is 5.26 Å². The minimum atomic E-state index is 0.482. The van der Waals surface area contributed by atoms with Crippen LogP contribution in [0.5, 0.6) is 0 Å². The normalized spacial score (nSPS) is 10.9. The highest BCUT2D eigenvalue weighted by molar-refractivity contribution is 6.12. The van der Waals surface area contributed by atoms with Gasteiger partial charge in [-0.3, -0.25) is 0 Å². The van der Waals surface area contributed by atoms with Crippen molar-refractivity contribution >= 4 is 33.2 Å². The number of nitriles is 1. The Labute approximate surface area is 317 Å². The summed E-state index contributed by atoms with van der Waals surface area (Å²) >= 11 is 0. The Hall–Kier alpha value is -8.18. The predicted octanol–water partition coefficient (Wildman–Crippen LogP) is 12.3. The molecule has 7 heteroatoms. The highest BCUT2D eigenvalue weighted by Crippen LogP contribution is 2.40. The summed E-state index contributed by atoms with van der Waals surface area (Å²) < 4.78 is 2.19. The van der Waals surface area contributed by atoms with Gasteiger partial charge in [-0.25, -0.2) is 24.6 Å². The molecule has 0 spiro atoms. The Bertz CT molecular complexity index is 2860. The summed E-state index contributed by atoms with van der Waals surface area (Å²) in [4.78, 5) is 22.2. The van der Waals surface area contributed by atoms with E-state index in [1.54, 1.807) is 6.07 Å². The van der Waals surface area contributed by atoms with Gasteiger partial charge in [-0.2, -0.15) is 5.26 Å². The maximum atomic E-state index is 10.2. The molecule has 2 aromatic heterocycles. The van der Waals surface area contributed by atoms with Crippen LogP contribution in [-0.2, 0) is 0 Å². The summed E-state index contributed by atoms with van der Waals surface area (Å²) in [5.41, 5.74) is 10.8. The van der Waals surface area contributed by atoms with Crippen molar-refractivity contribution in [3.63, 3.8) is 0 Å². The summed E-state index contributed by atoms with van der Waals surface area (Å²) in [6.07, 6.45) is 0. The van der Waals surface area contributed by atoms with E-state index < -0.39 is 0 Å². The maximum absolute atomic E-state index is 10.2. The molecule has 2 heterocycles. The Kier molecular flexibility index (Phi) is 8.18. The molecule has 7 nitrogen and oxygen atoms in total. The fourth-order valence-electron chi connectivity index (χ4n) is 7.00. The second-order valence-corrected chi connectivity index (χ2v) is 13.0. The first-order chi connectivity index (χ1) is 27.1. The van der Waals surface area contributed by atoms with E-state index in [0.29, 0.717) is 34.4 Å². The number of aromatic nitrogens is 4. The molecular weight excluding hydrogens is 675 g/mol. The Morgan fingerprint density at radius 2 is 0.909 bits per heavy atom. The van der Waals surface area contributed by atoms with E-state index in [2.05, 4.69) is 56.7 Å². The number of nitrogens with zero attached hydrogens (tertiary/aromatic N) is 7. The Balaban J connectivity index is 1.32. The molecule has 7 aromatic carbocycles. The van der Waals surface area contributed by atoms with Gasteiger partial charge in [0.2, 0.25) is 0 Å². The van der Waals surface area contributed by atoms with Gasteiger partial charge in [-0.05, 0) is 64.7 Å². The number of hydrogen-bond donors (Lipinski definition) is 0. The molecule has 0 aliphatic heterocycles. The molecule has 0 atom stereocenters. The smallest absolute Gasteiger partial charge is 0.187 e. The van der Waals surface area contributed by atoms with E-state index >= 15 is 0 Å².